The van der Waals surface area contributed by atoms with Crippen LogP contribution in [-0.2, 0) is 16.0 Å². The van der Waals surface area contributed by atoms with Crippen LogP contribution in [0.5, 0.6) is 0 Å². The lowest BCUT2D eigenvalue weighted by Crippen LogP contribution is -2.32. The number of aliphatic hydroxyl groups excluding tert-OH is 1. The second kappa shape index (κ2) is 6.89. The monoisotopic (exact) mass is 339 g/mol. The van der Waals surface area contributed by atoms with Gasteiger partial charge in [-0.15, -0.1) is 0 Å². The van der Waals surface area contributed by atoms with Crippen molar-refractivity contribution < 1.29 is 19.1 Å². The number of carbonyl (C=O) groups is 2. The second-order valence-corrected chi connectivity index (χ2v) is 6.01. The van der Waals surface area contributed by atoms with Crippen molar-refractivity contribution in [3.63, 3.8) is 0 Å². The van der Waals surface area contributed by atoms with Gasteiger partial charge >= 0.3 is 0 Å². The van der Waals surface area contributed by atoms with Crippen LogP contribution in [0, 0.1) is 5.82 Å². The summed E-state index contributed by atoms with van der Waals surface area (Å²) in [6.45, 7) is 1.65. The van der Waals surface area contributed by atoms with Crippen molar-refractivity contribution in [2.75, 3.05) is 6.54 Å². The van der Waals surface area contributed by atoms with Gasteiger partial charge in [0.15, 0.2) is 11.5 Å². The topological polar surface area (TPSA) is 57.6 Å². The van der Waals surface area contributed by atoms with E-state index in [9.17, 15) is 19.1 Å². The van der Waals surface area contributed by atoms with Gasteiger partial charge in [0.25, 0.3) is 5.91 Å². The van der Waals surface area contributed by atoms with Crippen LogP contribution in [0.25, 0.3) is 0 Å². The van der Waals surface area contributed by atoms with E-state index in [4.69, 9.17) is 0 Å². The summed E-state index contributed by atoms with van der Waals surface area (Å²) in [6.07, 6.45) is 0.586. The van der Waals surface area contributed by atoms with Crippen LogP contribution in [0.1, 0.15) is 24.1 Å². The van der Waals surface area contributed by atoms with Crippen molar-refractivity contribution in [2.24, 2.45) is 0 Å². The van der Waals surface area contributed by atoms with E-state index in [1.54, 1.807) is 0 Å². The third kappa shape index (κ3) is 3.31. The van der Waals surface area contributed by atoms with Crippen LogP contribution < -0.4 is 0 Å². The lowest BCUT2D eigenvalue weighted by Gasteiger charge is -2.26. The van der Waals surface area contributed by atoms with Crippen molar-refractivity contribution in [2.45, 2.75) is 19.4 Å². The molecule has 0 radical (unpaired) electrons. The van der Waals surface area contributed by atoms with E-state index < -0.39 is 23.5 Å². The Morgan fingerprint density at radius 3 is 2.36 bits per heavy atom. The first-order chi connectivity index (χ1) is 12.0. The molecule has 1 heterocycles. The molecule has 0 spiro atoms. The first-order valence-electron chi connectivity index (χ1n) is 8.03. The highest BCUT2D eigenvalue weighted by molar-refractivity contribution is 6.08. The number of amides is 1. The molecule has 25 heavy (non-hydrogen) atoms. The maximum absolute atomic E-state index is 13.2. The molecule has 0 saturated heterocycles. The fraction of sp³-hybridized carbons (Fsp3) is 0.200. The van der Waals surface area contributed by atoms with Crippen LogP contribution in [-0.4, -0.2) is 28.2 Å². The van der Waals surface area contributed by atoms with E-state index in [1.807, 2.05) is 30.3 Å². The molecule has 4 nitrogen and oxygen atoms in total. The average molecular weight is 339 g/mol. The van der Waals surface area contributed by atoms with Crippen molar-refractivity contribution in [3.8, 4) is 0 Å². The molecule has 0 aliphatic carbocycles. The molecule has 0 fully saturated rings. The van der Waals surface area contributed by atoms with Crippen molar-refractivity contribution in [3.05, 3.63) is 82.9 Å². The number of rotatable bonds is 5. The molecule has 1 N–H and O–H groups in total. The van der Waals surface area contributed by atoms with E-state index in [-0.39, 0.29) is 11.4 Å². The van der Waals surface area contributed by atoms with Gasteiger partial charge in [-0.3, -0.25) is 9.59 Å². The summed E-state index contributed by atoms with van der Waals surface area (Å²) in [5.74, 6) is -1.87. The predicted molar refractivity (Wildman–Crippen MR) is 91.3 cm³/mol. The van der Waals surface area contributed by atoms with Gasteiger partial charge in [0.1, 0.15) is 5.82 Å². The Morgan fingerprint density at radius 1 is 1.12 bits per heavy atom. The average Bonchev–Trinajstić information content (AvgIpc) is 2.86. The summed E-state index contributed by atoms with van der Waals surface area (Å²) < 4.78 is 13.2. The maximum Gasteiger partial charge on any atom is 0.290 e. The first kappa shape index (κ1) is 16.9. The number of aliphatic hydroxyl groups is 1. The Morgan fingerprint density at radius 2 is 1.76 bits per heavy atom. The van der Waals surface area contributed by atoms with Gasteiger partial charge in [-0.1, -0.05) is 42.5 Å². The Hall–Kier alpha value is -2.95. The Bertz CT molecular complexity index is 828. The van der Waals surface area contributed by atoms with Gasteiger partial charge < -0.3 is 10.0 Å². The third-order valence-electron chi connectivity index (χ3n) is 4.35. The maximum atomic E-state index is 13.2. The molecule has 1 atom stereocenters. The van der Waals surface area contributed by atoms with Crippen molar-refractivity contribution >= 4 is 11.7 Å². The van der Waals surface area contributed by atoms with Crippen LogP contribution in [0.3, 0.4) is 0 Å². The number of benzene rings is 2. The van der Waals surface area contributed by atoms with Crippen LogP contribution in [0.2, 0.25) is 0 Å². The number of hydrogen-bond acceptors (Lipinski definition) is 3. The molecular formula is C20H18FNO3. The standard InChI is InChI=1S/C20H18FNO3/c1-13(23)17-18(15-7-9-16(21)10-8-15)22(20(25)19(17)24)12-11-14-5-3-2-4-6-14/h2-10,18,24H,11-12H2,1H3. The molecule has 1 amide bonds. The Balaban J connectivity index is 1.93. The zero-order valence-electron chi connectivity index (χ0n) is 13.8. The highest BCUT2D eigenvalue weighted by Crippen LogP contribution is 2.37. The molecule has 2 aromatic carbocycles. The van der Waals surface area contributed by atoms with E-state index in [0.717, 1.165) is 5.56 Å². The minimum atomic E-state index is -0.700. The van der Waals surface area contributed by atoms with Gasteiger partial charge in [-0.2, -0.15) is 0 Å². The normalized spacial score (nSPS) is 17.3. The zero-order valence-corrected chi connectivity index (χ0v) is 13.8. The predicted octanol–water partition coefficient (Wildman–Crippen LogP) is 3.35. The lowest BCUT2D eigenvalue weighted by molar-refractivity contribution is -0.129. The van der Waals surface area contributed by atoms with E-state index >= 15 is 0 Å². The van der Waals surface area contributed by atoms with Gasteiger partial charge in [-0.25, -0.2) is 4.39 Å². The van der Waals surface area contributed by atoms with Crippen molar-refractivity contribution in [1.29, 1.82) is 0 Å². The molecule has 0 bridgehead atoms. The van der Waals surface area contributed by atoms with E-state index in [1.165, 1.54) is 36.1 Å². The molecule has 1 aliphatic heterocycles. The van der Waals surface area contributed by atoms with Gasteiger partial charge in [-0.05, 0) is 36.6 Å². The minimum absolute atomic E-state index is 0.0599. The number of Topliss-reactive ketones (excluding diaryl/α,β-unsaturated/α-hetero) is 1. The highest BCUT2D eigenvalue weighted by atomic mass is 19.1. The first-order valence-corrected chi connectivity index (χ1v) is 8.03. The molecule has 1 aliphatic rings. The number of halogens is 1. The number of hydrogen-bond donors (Lipinski definition) is 1. The lowest BCUT2D eigenvalue weighted by atomic mass is 9.96. The summed E-state index contributed by atoms with van der Waals surface area (Å²) in [6, 6.07) is 14.6. The highest BCUT2D eigenvalue weighted by Gasteiger charge is 2.41. The molecule has 0 aromatic heterocycles. The van der Waals surface area contributed by atoms with Crippen LogP contribution >= 0.6 is 0 Å². The molecule has 1 unspecified atom stereocenters. The number of carbonyl (C=O) groups excluding carboxylic acids is 2. The molecule has 128 valence electrons. The van der Waals surface area contributed by atoms with Crippen molar-refractivity contribution in [1.82, 2.24) is 4.90 Å². The summed E-state index contributed by atoms with van der Waals surface area (Å²) >= 11 is 0. The van der Waals surface area contributed by atoms with Crippen LogP contribution in [0.15, 0.2) is 65.9 Å². The molecule has 0 saturated carbocycles. The minimum Gasteiger partial charge on any atom is -0.503 e. The summed E-state index contributed by atoms with van der Waals surface area (Å²) in [4.78, 5) is 26.0. The summed E-state index contributed by atoms with van der Waals surface area (Å²) in [7, 11) is 0. The van der Waals surface area contributed by atoms with E-state index in [2.05, 4.69) is 0 Å². The largest absolute Gasteiger partial charge is 0.503 e. The van der Waals surface area contributed by atoms with Gasteiger partial charge in [0.05, 0.1) is 11.6 Å². The smallest absolute Gasteiger partial charge is 0.290 e. The van der Waals surface area contributed by atoms with Gasteiger partial charge in [0, 0.05) is 6.54 Å². The van der Waals surface area contributed by atoms with Crippen LogP contribution in [0.4, 0.5) is 4.39 Å². The Labute approximate surface area is 145 Å². The summed E-state index contributed by atoms with van der Waals surface area (Å²) in [5.41, 5.74) is 1.70. The third-order valence-corrected chi connectivity index (χ3v) is 4.35. The SMILES string of the molecule is CC(=O)C1=C(O)C(=O)N(CCc2ccccc2)C1c1ccc(F)cc1. The summed E-state index contributed by atoms with van der Waals surface area (Å²) in [5, 5.41) is 10.2. The zero-order chi connectivity index (χ0) is 18.0. The van der Waals surface area contributed by atoms with E-state index in [0.29, 0.717) is 18.5 Å². The Kier molecular flexibility index (Phi) is 4.65. The van der Waals surface area contributed by atoms with Gasteiger partial charge in [0.2, 0.25) is 0 Å². The molecule has 3 rings (SSSR count). The molecular weight excluding hydrogens is 321 g/mol. The number of ketones is 1. The molecule has 2 aromatic rings. The molecule has 5 heteroatoms. The fourth-order valence-corrected chi connectivity index (χ4v) is 3.13. The second-order valence-electron chi connectivity index (χ2n) is 6.01. The quantitative estimate of drug-likeness (QED) is 0.909. The fourth-order valence-electron chi connectivity index (χ4n) is 3.13. The number of nitrogens with zero attached hydrogens (tertiary/aromatic N) is 1.